The SMILES string of the molecule is COC(=O)CC1(CN2CCN([C@H](C)c3nc(-c4ccccc4)no3)CC2)CC1. The second-order valence-corrected chi connectivity index (χ2v) is 8.06. The van der Waals surface area contributed by atoms with Gasteiger partial charge in [-0.05, 0) is 25.2 Å². The first-order valence-corrected chi connectivity index (χ1v) is 10.0. The summed E-state index contributed by atoms with van der Waals surface area (Å²) in [4.78, 5) is 21.1. The van der Waals surface area contributed by atoms with Crippen LogP contribution < -0.4 is 0 Å². The van der Waals surface area contributed by atoms with E-state index in [2.05, 4.69) is 26.9 Å². The molecular weight excluding hydrogens is 356 g/mol. The maximum atomic E-state index is 11.6. The molecule has 7 heteroatoms. The highest BCUT2D eigenvalue weighted by Crippen LogP contribution is 2.49. The molecule has 28 heavy (non-hydrogen) atoms. The van der Waals surface area contributed by atoms with Gasteiger partial charge in [0.2, 0.25) is 11.7 Å². The Morgan fingerprint density at radius 2 is 1.93 bits per heavy atom. The largest absolute Gasteiger partial charge is 0.469 e. The van der Waals surface area contributed by atoms with Crippen LogP contribution in [0, 0.1) is 5.41 Å². The number of esters is 1. The van der Waals surface area contributed by atoms with Crippen LogP contribution in [0.25, 0.3) is 11.4 Å². The van der Waals surface area contributed by atoms with Crippen LogP contribution in [-0.2, 0) is 9.53 Å². The van der Waals surface area contributed by atoms with Crippen molar-refractivity contribution in [1.29, 1.82) is 0 Å². The Bertz CT molecular complexity index is 795. The number of hydrogen-bond acceptors (Lipinski definition) is 7. The average Bonchev–Trinajstić information content (AvgIpc) is 3.29. The number of methoxy groups -OCH3 is 1. The Morgan fingerprint density at radius 1 is 1.21 bits per heavy atom. The van der Waals surface area contributed by atoms with Crippen LogP contribution in [0.5, 0.6) is 0 Å². The van der Waals surface area contributed by atoms with Crippen molar-refractivity contribution in [2.75, 3.05) is 39.8 Å². The highest BCUT2D eigenvalue weighted by Gasteiger charge is 2.46. The summed E-state index contributed by atoms with van der Waals surface area (Å²) < 4.78 is 10.4. The summed E-state index contributed by atoms with van der Waals surface area (Å²) in [7, 11) is 1.47. The van der Waals surface area contributed by atoms with Crippen molar-refractivity contribution < 1.29 is 14.1 Å². The van der Waals surface area contributed by atoms with Gasteiger partial charge in [-0.1, -0.05) is 35.5 Å². The van der Waals surface area contributed by atoms with Gasteiger partial charge in [0.05, 0.1) is 19.6 Å². The minimum Gasteiger partial charge on any atom is -0.469 e. The molecule has 0 spiro atoms. The van der Waals surface area contributed by atoms with Crippen molar-refractivity contribution in [3.8, 4) is 11.4 Å². The molecule has 2 heterocycles. The van der Waals surface area contributed by atoms with Gasteiger partial charge in [0.1, 0.15) is 0 Å². The smallest absolute Gasteiger partial charge is 0.306 e. The van der Waals surface area contributed by atoms with E-state index < -0.39 is 0 Å². The molecule has 2 aromatic rings. The van der Waals surface area contributed by atoms with Crippen LogP contribution in [0.4, 0.5) is 0 Å². The van der Waals surface area contributed by atoms with Crippen LogP contribution in [0.3, 0.4) is 0 Å². The van der Waals surface area contributed by atoms with Crippen molar-refractivity contribution >= 4 is 5.97 Å². The fourth-order valence-electron chi connectivity index (χ4n) is 3.99. The molecule has 0 amide bonds. The first-order chi connectivity index (χ1) is 13.6. The fraction of sp³-hybridized carbons (Fsp3) is 0.571. The lowest BCUT2D eigenvalue weighted by atomic mass is 10.0. The molecule has 2 fully saturated rings. The van der Waals surface area contributed by atoms with E-state index in [1.807, 2.05) is 30.3 Å². The van der Waals surface area contributed by atoms with Crippen LogP contribution in [0.2, 0.25) is 0 Å². The molecule has 0 bridgehead atoms. The molecule has 1 aliphatic carbocycles. The zero-order valence-corrected chi connectivity index (χ0v) is 16.6. The van der Waals surface area contributed by atoms with Gasteiger partial charge in [-0.25, -0.2) is 0 Å². The van der Waals surface area contributed by atoms with E-state index in [4.69, 9.17) is 9.26 Å². The summed E-state index contributed by atoms with van der Waals surface area (Å²) in [6.45, 7) is 7.01. The number of carbonyl (C=O) groups is 1. The van der Waals surface area contributed by atoms with Crippen molar-refractivity contribution in [3.05, 3.63) is 36.2 Å². The molecule has 1 aromatic carbocycles. The number of carbonyl (C=O) groups excluding carboxylic acids is 1. The van der Waals surface area contributed by atoms with Gasteiger partial charge in [-0.3, -0.25) is 9.69 Å². The lowest BCUT2D eigenvalue weighted by Crippen LogP contribution is -2.48. The normalized spacial score (nSPS) is 20.6. The van der Waals surface area contributed by atoms with E-state index in [0.29, 0.717) is 18.1 Å². The maximum absolute atomic E-state index is 11.6. The lowest BCUT2D eigenvalue weighted by molar-refractivity contribution is -0.142. The number of benzene rings is 1. The highest BCUT2D eigenvalue weighted by molar-refractivity contribution is 5.70. The standard InChI is InChI=1S/C21H28N4O3/c1-16(20-22-19(23-28-20)17-6-4-3-5-7-17)25-12-10-24(11-13-25)15-21(8-9-21)14-18(26)27-2/h3-7,16H,8-15H2,1-2H3/t16-/m1/s1. The van der Waals surface area contributed by atoms with Gasteiger partial charge in [0.15, 0.2) is 0 Å². The molecule has 1 atom stereocenters. The fourth-order valence-corrected chi connectivity index (χ4v) is 3.99. The van der Waals surface area contributed by atoms with Crippen molar-refractivity contribution in [2.45, 2.75) is 32.2 Å². The molecular formula is C21H28N4O3. The first-order valence-electron chi connectivity index (χ1n) is 10.0. The van der Waals surface area contributed by atoms with Gasteiger partial charge in [-0.2, -0.15) is 4.98 Å². The molecule has 1 aliphatic heterocycles. The third-order valence-corrected chi connectivity index (χ3v) is 6.05. The number of nitrogens with zero attached hydrogens (tertiary/aromatic N) is 4. The Labute approximate surface area is 165 Å². The number of rotatable bonds is 7. The summed E-state index contributed by atoms with van der Waals surface area (Å²) >= 11 is 0. The molecule has 150 valence electrons. The summed E-state index contributed by atoms with van der Waals surface area (Å²) in [6.07, 6.45) is 2.80. The Kier molecular flexibility index (Phi) is 5.46. The van der Waals surface area contributed by atoms with Gasteiger partial charge < -0.3 is 14.2 Å². The maximum Gasteiger partial charge on any atom is 0.306 e. The van der Waals surface area contributed by atoms with Crippen LogP contribution in [0.15, 0.2) is 34.9 Å². The van der Waals surface area contributed by atoms with E-state index in [0.717, 1.165) is 51.1 Å². The van der Waals surface area contributed by atoms with Crippen molar-refractivity contribution in [1.82, 2.24) is 19.9 Å². The summed E-state index contributed by atoms with van der Waals surface area (Å²) in [5.41, 5.74) is 1.12. The predicted octanol–water partition coefficient (Wildman–Crippen LogP) is 2.76. The van der Waals surface area contributed by atoms with Gasteiger partial charge in [0, 0.05) is 38.3 Å². The number of aromatic nitrogens is 2. The molecule has 1 saturated heterocycles. The predicted molar refractivity (Wildman–Crippen MR) is 104 cm³/mol. The topological polar surface area (TPSA) is 71.7 Å². The quantitative estimate of drug-likeness (QED) is 0.680. The Hall–Kier alpha value is -2.25. The zero-order valence-electron chi connectivity index (χ0n) is 16.6. The summed E-state index contributed by atoms with van der Waals surface area (Å²) in [5, 5.41) is 4.14. The van der Waals surface area contributed by atoms with Crippen molar-refractivity contribution in [3.63, 3.8) is 0 Å². The molecule has 0 unspecified atom stereocenters. The molecule has 7 nitrogen and oxygen atoms in total. The number of ether oxygens (including phenoxy) is 1. The molecule has 0 N–H and O–H groups in total. The monoisotopic (exact) mass is 384 g/mol. The molecule has 2 aliphatic rings. The van der Waals surface area contributed by atoms with E-state index in [1.165, 1.54) is 7.11 Å². The van der Waals surface area contributed by atoms with E-state index in [1.54, 1.807) is 0 Å². The summed E-state index contributed by atoms with van der Waals surface area (Å²) in [6, 6.07) is 9.99. The van der Waals surface area contributed by atoms with E-state index >= 15 is 0 Å². The minimum atomic E-state index is -0.0876. The van der Waals surface area contributed by atoms with E-state index in [-0.39, 0.29) is 17.4 Å². The number of piperazine rings is 1. The highest BCUT2D eigenvalue weighted by atomic mass is 16.5. The van der Waals surface area contributed by atoms with Crippen molar-refractivity contribution in [2.24, 2.45) is 5.41 Å². The minimum absolute atomic E-state index is 0.0876. The second-order valence-electron chi connectivity index (χ2n) is 8.06. The molecule has 0 radical (unpaired) electrons. The van der Waals surface area contributed by atoms with Gasteiger partial charge in [0.25, 0.3) is 0 Å². The van der Waals surface area contributed by atoms with E-state index in [9.17, 15) is 4.79 Å². The molecule has 1 saturated carbocycles. The van der Waals surface area contributed by atoms with Gasteiger partial charge in [-0.15, -0.1) is 0 Å². The third-order valence-electron chi connectivity index (χ3n) is 6.05. The van der Waals surface area contributed by atoms with Crippen LogP contribution in [0.1, 0.15) is 38.1 Å². The Morgan fingerprint density at radius 3 is 2.57 bits per heavy atom. The summed E-state index contributed by atoms with van der Waals surface area (Å²) in [5.74, 6) is 1.21. The molecule has 4 rings (SSSR count). The Balaban J connectivity index is 1.30. The average molecular weight is 384 g/mol. The third kappa shape index (κ3) is 4.25. The lowest BCUT2D eigenvalue weighted by Gasteiger charge is -2.38. The zero-order chi connectivity index (χ0) is 19.6. The van der Waals surface area contributed by atoms with Gasteiger partial charge >= 0.3 is 5.97 Å². The second kappa shape index (κ2) is 8.01. The molecule has 1 aromatic heterocycles. The van der Waals surface area contributed by atoms with Crippen LogP contribution in [-0.4, -0.2) is 65.7 Å². The number of hydrogen-bond donors (Lipinski definition) is 0. The van der Waals surface area contributed by atoms with Crippen LogP contribution >= 0.6 is 0 Å². The first kappa shape index (κ1) is 19.1.